The van der Waals surface area contributed by atoms with Crippen LogP contribution in [-0.4, -0.2) is 66.2 Å². The molecule has 2 aliphatic rings. The van der Waals surface area contributed by atoms with Gasteiger partial charge in [0, 0.05) is 38.3 Å². The fourth-order valence-corrected chi connectivity index (χ4v) is 2.91. The molecule has 25 heavy (non-hydrogen) atoms. The second-order valence-corrected chi connectivity index (χ2v) is 5.78. The zero-order chi connectivity index (χ0) is 18.2. The van der Waals surface area contributed by atoms with Gasteiger partial charge in [-0.15, -0.1) is 0 Å². The SMILES string of the molecule is C1COCCN1.CCOC(=O)C1Cc2cc(OC)c(OC)cc2N1C. The van der Waals surface area contributed by atoms with Crippen molar-refractivity contribution in [2.45, 2.75) is 19.4 Å². The number of methoxy groups -OCH3 is 2. The minimum atomic E-state index is -0.272. The van der Waals surface area contributed by atoms with Gasteiger partial charge in [-0.25, -0.2) is 4.79 Å². The topological polar surface area (TPSA) is 69.3 Å². The Morgan fingerprint density at radius 1 is 1.24 bits per heavy atom. The highest BCUT2D eigenvalue weighted by molar-refractivity contribution is 5.84. The van der Waals surface area contributed by atoms with E-state index in [0.717, 1.165) is 37.6 Å². The standard InChI is InChI=1S/C14H19NO4.C4H9NO/c1-5-19-14(16)11-6-9-7-12(17-3)13(18-4)8-10(9)15(11)2;1-3-6-4-2-5-1/h7-8,11H,5-6H2,1-4H3;5H,1-4H2. The summed E-state index contributed by atoms with van der Waals surface area (Å²) in [7, 11) is 5.09. The van der Waals surface area contributed by atoms with Gasteiger partial charge in [-0.2, -0.15) is 0 Å². The summed E-state index contributed by atoms with van der Waals surface area (Å²) < 4.78 is 20.7. The number of anilines is 1. The van der Waals surface area contributed by atoms with E-state index in [1.807, 2.05) is 31.0 Å². The van der Waals surface area contributed by atoms with E-state index in [-0.39, 0.29) is 12.0 Å². The first-order chi connectivity index (χ1) is 12.1. The van der Waals surface area contributed by atoms with E-state index in [1.54, 1.807) is 14.2 Å². The van der Waals surface area contributed by atoms with Crippen LogP contribution < -0.4 is 19.7 Å². The van der Waals surface area contributed by atoms with E-state index < -0.39 is 0 Å². The van der Waals surface area contributed by atoms with Crippen molar-refractivity contribution in [3.63, 3.8) is 0 Å². The molecule has 1 N–H and O–H groups in total. The Bertz CT molecular complexity index is 563. The van der Waals surface area contributed by atoms with Crippen molar-refractivity contribution in [1.82, 2.24) is 5.32 Å². The maximum absolute atomic E-state index is 11.9. The van der Waals surface area contributed by atoms with Crippen molar-refractivity contribution < 1.29 is 23.7 Å². The van der Waals surface area contributed by atoms with Crippen LogP contribution in [0.3, 0.4) is 0 Å². The van der Waals surface area contributed by atoms with E-state index in [1.165, 1.54) is 0 Å². The molecule has 0 aromatic heterocycles. The molecule has 2 aliphatic heterocycles. The van der Waals surface area contributed by atoms with Crippen molar-refractivity contribution in [3.8, 4) is 11.5 Å². The number of benzene rings is 1. The van der Waals surface area contributed by atoms with Crippen molar-refractivity contribution in [2.24, 2.45) is 0 Å². The van der Waals surface area contributed by atoms with Gasteiger partial charge in [0.15, 0.2) is 11.5 Å². The zero-order valence-corrected chi connectivity index (χ0v) is 15.5. The molecule has 7 nitrogen and oxygen atoms in total. The van der Waals surface area contributed by atoms with Crippen molar-refractivity contribution in [3.05, 3.63) is 17.7 Å². The van der Waals surface area contributed by atoms with Gasteiger partial charge in [0.05, 0.1) is 34.0 Å². The molecule has 3 rings (SSSR count). The van der Waals surface area contributed by atoms with Crippen molar-refractivity contribution in [1.29, 1.82) is 0 Å². The smallest absolute Gasteiger partial charge is 0.329 e. The highest BCUT2D eigenvalue weighted by Crippen LogP contribution is 2.40. The van der Waals surface area contributed by atoms with Crippen LogP contribution in [0.5, 0.6) is 11.5 Å². The molecular formula is C18H28N2O5. The van der Waals surface area contributed by atoms with Crippen LogP contribution in [0.15, 0.2) is 12.1 Å². The van der Waals surface area contributed by atoms with E-state index in [2.05, 4.69) is 5.32 Å². The highest BCUT2D eigenvalue weighted by atomic mass is 16.5. The third kappa shape index (κ3) is 4.76. The second kappa shape index (κ2) is 9.48. The van der Waals surface area contributed by atoms with Gasteiger partial charge in [-0.3, -0.25) is 0 Å². The highest BCUT2D eigenvalue weighted by Gasteiger charge is 2.34. The molecule has 1 aromatic carbocycles. The first-order valence-corrected chi connectivity index (χ1v) is 8.55. The Balaban J connectivity index is 0.000000316. The predicted octanol–water partition coefficient (Wildman–Crippen LogP) is 1.23. The molecule has 2 heterocycles. The summed E-state index contributed by atoms with van der Waals surface area (Å²) in [5, 5.41) is 3.16. The lowest BCUT2D eigenvalue weighted by Crippen LogP contribution is -2.37. The fraction of sp³-hybridized carbons (Fsp3) is 0.611. The Kier molecular flexibility index (Phi) is 7.33. The number of esters is 1. The summed E-state index contributed by atoms with van der Waals surface area (Å²) >= 11 is 0. The fourth-order valence-electron chi connectivity index (χ4n) is 2.91. The van der Waals surface area contributed by atoms with Crippen LogP contribution in [0.2, 0.25) is 0 Å². The normalized spacial score (nSPS) is 18.7. The summed E-state index contributed by atoms with van der Waals surface area (Å²) in [4.78, 5) is 13.8. The average Bonchev–Trinajstić information content (AvgIpc) is 2.98. The van der Waals surface area contributed by atoms with Crippen LogP contribution in [0.4, 0.5) is 5.69 Å². The van der Waals surface area contributed by atoms with Gasteiger partial charge in [0.2, 0.25) is 0 Å². The number of carbonyl (C=O) groups is 1. The van der Waals surface area contributed by atoms with Gasteiger partial charge in [0.1, 0.15) is 6.04 Å². The summed E-state index contributed by atoms with van der Waals surface area (Å²) in [6.45, 7) is 6.04. The molecule has 1 fully saturated rings. The molecule has 140 valence electrons. The maximum Gasteiger partial charge on any atom is 0.329 e. The number of hydrogen-bond acceptors (Lipinski definition) is 7. The number of rotatable bonds is 4. The Morgan fingerprint density at radius 2 is 1.88 bits per heavy atom. The number of nitrogens with zero attached hydrogens (tertiary/aromatic N) is 1. The van der Waals surface area contributed by atoms with Crippen LogP contribution >= 0.6 is 0 Å². The molecule has 0 aliphatic carbocycles. The van der Waals surface area contributed by atoms with Gasteiger partial charge < -0.3 is 29.2 Å². The van der Waals surface area contributed by atoms with E-state index >= 15 is 0 Å². The summed E-state index contributed by atoms with van der Waals surface area (Å²) in [6.07, 6.45) is 0.630. The lowest BCUT2D eigenvalue weighted by Gasteiger charge is -2.21. The lowest BCUT2D eigenvalue weighted by molar-refractivity contribution is -0.144. The first-order valence-electron chi connectivity index (χ1n) is 8.55. The monoisotopic (exact) mass is 352 g/mol. The van der Waals surface area contributed by atoms with Crippen molar-refractivity contribution >= 4 is 11.7 Å². The summed E-state index contributed by atoms with van der Waals surface area (Å²) in [6, 6.07) is 3.55. The molecule has 0 radical (unpaired) electrons. The van der Waals surface area contributed by atoms with Crippen LogP contribution in [0, 0.1) is 0 Å². The largest absolute Gasteiger partial charge is 0.493 e. The minimum Gasteiger partial charge on any atom is -0.493 e. The minimum absolute atomic E-state index is 0.195. The van der Waals surface area contributed by atoms with Crippen LogP contribution in [0.1, 0.15) is 12.5 Å². The predicted molar refractivity (Wildman–Crippen MR) is 95.8 cm³/mol. The first kappa shape index (κ1) is 19.3. The Labute approximate surface area is 149 Å². The van der Waals surface area contributed by atoms with E-state index in [9.17, 15) is 4.79 Å². The third-order valence-corrected chi connectivity index (χ3v) is 4.25. The molecule has 1 aromatic rings. The average molecular weight is 352 g/mol. The Morgan fingerprint density at radius 3 is 2.36 bits per heavy atom. The van der Waals surface area contributed by atoms with E-state index in [4.69, 9.17) is 18.9 Å². The molecule has 0 bridgehead atoms. The molecule has 0 spiro atoms. The van der Waals surface area contributed by atoms with Gasteiger partial charge >= 0.3 is 5.97 Å². The quantitative estimate of drug-likeness (QED) is 0.818. The lowest BCUT2D eigenvalue weighted by atomic mass is 10.1. The summed E-state index contributed by atoms with van der Waals surface area (Å²) in [5.74, 6) is 1.15. The Hall–Kier alpha value is -1.99. The van der Waals surface area contributed by atoms with Gasteiger partial charge in [-0.05, 0) is 18.6 Å². The molecule has 1 saturated heterocycles. The number of likely N-dealkylation sites (N-methyl/N-ethyl adjacent to an activating group) is 1. The molecule has 0 amide bonds. The molecule has 1 atom stereocenters. The third-order valence-electron chi connectivity index (χ3n) is 4.25. The number of hydrogen-bond donors (Lipinski definition) is 1. The number of carbonyl (C=O) groups excluding carboxylic acids is 1. The number of fused-ring (bicyclic) bond motifs is 1. The van der Waals surface area contributed by atoms with Gasteiger partial charge in [-0.1, -0.05) is 0 Å². The molecule has 0 saturated carbocycles. The van der Waals surface area contributed by atoms with Crippen LogP contribution in [0.25, 0.3) is 0 Å². The number of nitrogens with one attached hydrogen (secondary N) is 1. The number of ether oxygens (including phenoxy) is 4. The molecule has 1 unspecified atom stereocenters. The second-order valence-electron chi connectivity index (χ2n) is 5.78. The van der Waals surface area contributed by atoms with Gasteiger partial charge in [0.25, 0.3) is 0 Å². The number of morpholine rings is 1. The van der Waals surface area contributed by atoms with Crippen molar-refractivity contribution in [2.75, 3.05) is 59.1 Å². The van der Waals surface area contributed by atoms with Crippen LogP contribution in [-0.2, 0) is 20.7 Å². The zero-order valence-electron chi connectivity index (χ0n) is 15.5. The van der Waals surface area contributed by atoms with E-state index in [0.29, 0.717) is 24.5 Å². The summed E-state index contributed by atoms with van der Waals surface area (Å²) in [5.41, 5.74) is 2.05. The maximum atomic E-state index is 11.9. The molecular weight excluding hydrogens is 324 g/mol. The molecule has 7 heteroatoms.